The Balaban J connectivity index is 0.000000684. The van der Waals surface area contributed by atoms with Gasteiger partial charge in [0.05, 0.1) is 7.11 Å². The summed E-state index contributed by atoms with van der Waals surface area (Å²) in [7, 11) is 1.43. The Labute approximate surface area is 164 Å². The normalized spacial score (nSPS) is 10.3. The van der Waals surface area contributed by atoms with E-state index in [1.807, 2.05) is 20.8 Å². The summed E-state index contributed by atoms with van der Waals surface area (Å²) < 4.78 is 15.0. The number of esters is 2. The Kier molecular flexibility index (Phi) is 10.0. The van der Waals surface area contributed by atoms with E-state index in [9.17, 15) is 14.4 Å². The van der Waals surface area contributed by atoms with Gasteiger partial charge >= 0.3 is 17.9 Å². The highest BCUT2D eigenvalue weighted by molar-refractivity contribution is 5.89. The summed E-state index contributed by atoms with van der Waals surface area (Å²) in [6.07, 6.45) is 3.58. The number of rotatable bonds is 6. The first kappa shape index (κ1) is 24.7. The molecule has 1 N–H and O–H groups in total. The molecule has 0 aliphatic rings. The SMILES string of the molecule is C=C(C)C(=O)Oc1ccc(C=CC(=O)O)cc1OC.C=CC(=O)OC(C)(C)C. The lowest BCUT2D eigenvalue weighted by molar-refractivity contribution is -0.148. The van der Waals surface area contributed by atoms with Gasteiger partial charge in [0.1, 0.15) is 5.60 Å². The lowest BCUT2D eigenvalue weighted by atomic mass is 10.2. The van der Waals surface area contributed by atoms with Crippen LogP contribution in [0.4, 0.5) is 0 Å². The molecule has 28 heavy (non-hydrogen) atoms. The third kappa shape index (κ3) is 10.6. The summed E-state index contributed by atoms with van der Waals surface area (Å²) in [6, 6.07) is 4.71. The van der Waals surface area contributed by atoms with Gasteiger partial charge in [-0.1, -0.05) is 19.2 Å². The third-order valence-electron chi connectivity index (χ3n) is 2.73. The zero-order valence-corrected chi connectivity index (χ0v) is 16.8. The quantitative estimate of drug-likeness (QED) is 0.448. The van der Waals surface area contributed by atoms with Crippen LogP contribution in [0.15, 0.2) is 49.1 Å². The van der Waals surface area contributed by atoms with Gasteiger partial charge in [-0.25, -0.2) is 14.4 Å². The molecular weight excluding hydrogens is 364 g/mol. The van der Waals surface area contributed by atoms with E-state index in [4.69, 9.17) is 19.3 Å². The molecule has 1 aromatic rings. The van der Waals surface area contributed by atoms with Gasteiger partial charge in [-0.2, -0.15) is 0 Å². The molecule has 1 aromatic carbocycles. The topological polar surface area (TPSA) is 99.1 Å². The minimum absolute atomic E-state index is 0.253. The van der Waals surface area contributed by atoms with Crippen LogP contribution in [-0.2, 0) is 19.1 Å². The fraction of sp³-hybridized carbons (Fsp3) is 0.286. The van der Waals surface area contributed by atoms with Gasteiger partial charge in [-0.05, 0) is 51.5 Å². The molecule has 152 valence electrons. The van der Waals surface area contributed by atoms with Gasteiger partial charge in [0.25, 0.3) is 0 Å². The van der Waals surface area contributed by atoms with Gasteiger partial charge in [-0.3, -0.25) is 0 Å². The highest BCUT2D eigenvalue weighted by atomic mass is 16.6. The van der Waals surface area contributed by atoms with Crippen LogP contribution in [0, 0.1) is 0 Å². The molecule has 0 aromatic heterocycles. The standard InChI is InChI=1S/C14H14O5.C7H12O2/c1-9(2)14(17)19-11-6-4-10(5-7-13(15)16)8-12(11)18-3;1-5-6(8)9-7(2,3)4/h4-8H,1H2,2-3H3,(H,15,16);5H,1H2,2-4H3. The Bertz CT molecular complexity index is 767. The summed E-state index contributed by atoms with van der Waals surface area (Å²) in [5, 5.41) is 8.54. The van der Waals surface area contributed by atoms with Crippen molar-refractivity contribution in [2.45, 2.75) is 33.3 Å². The fourth-order valence-corrected chi connectivity index (χ4v) is 1.57. The summed E-state index contributed by atoms with van der Waals surface area (Å²) in [6.45, 7) is 13.7. The number of methoxy groups -OCH3 is 1. The average molecular weight is 390 g/mol. The monoisotopic (exact) mass is 390 g/mol. The van der Waals surface area contributed by atoms with Crippen molar-refractivity contribution >= 4 is 24.0 Å². The van der Waals surface area contributed by atoms with E-state index in [-0.39, 0.29) is 17.3 Å². The molecule has 0 spiro atoms. The lowest BCUT2D eigenvalue weighted by Crippen LogP contribution is -2.22. The average Bonchev–Trinajstić information content (AvgIpc) is 2.59. The number of carbonyl (C=O) groups excluding carboxylic acids is 2. The van der Waals surface area contributed by atoms with Crippen molar-refractivity contribution < 1.29 is 33.7 Å². The zero-order valence-electron chi connectivity index (χ0n) is 16.8. The van der Waals surface area contributed by atoms with E-state index in [2.05, 4.69) is 13.2 Å². The highest BCUT2D eigenvalue weighted by Gasteiger charge is 2.13. The van der Waals surface area contributed by atoms with E-state index >= 15 is 0 Å². The highest BCUT2D eigenvalue weighted by Crippen LogP contribution is 2.29. The van der Waals surface area contributed by atoms with Crippen LogP contribution in [0.1, 0.15) is 33.3 Å². The lowest BCUT2D eigenvalue weighted by Gasteiger charge is -2.17. The molecule has 0 heterocycles. The van der Waals surface area contributed by atoms with Crippen molar-refractivity contribution in [2.24, 2.45) is 0 Å². The summed E-state index contributed by atoms with van der Waals surface area (Å²) in [4.78, 5) is 32.3. The number of carbonyl (C=O) groups is 3. The van der Waals surface area contributed by atoms with Gasteiger partial charge in [0, 0.05) is 17.7 Å². The molecule has 0 fully saturated rings. The van der Waals surface area contributed by atoms with Crippen LogP contribution in [0.3, 0.4) is 0 Å². The maximum Gasteiger partial charge on any atom is 0.338 e. The van der Waals surface area contributed by atoms with E-state index < -0.39 is 17.5 Å². The minimum Gasteiger partial charge on any atom is -0.493 e. The van der Waals surface area contributed by atoms with Crippen molar-refractivity contribution in [3.63, 3.8) is 0 Å². The summed E-state index contributed by atoms with van der Waals surface area (Å²) in [5.74, 6) is -1.38. The first-order chi connectivity index (χ1) is 12.9. The molecule has 0 saturated carbocycles. The van der Waals surface area contributed by atoms with Crippen LogP contribution >= 0.6 is 0 Å². The van der Waals surface area contributed by atoms with Crippen molar-refractivity contribution in [3.8, 4) is 11.5 Å². The number of aliphatic carboxylic acids is 1. The fourth-order valence-electron chi connectivity index (χ4n) is 1.57. The smallest absolute Gasteiger partial charge is 0.338 e. The van der Waals surface area contributed by atoms with Crippen molar-refractivity contribution in [2.75, 3.05) is 7.11 Å². The largest absolute Gasteiger partial charge is 0.493 e. The predicted molar refractivity (Wildman–Crippen MR) is 106 cm³/mol. The van der Waals surface area contributed by atoms with E-state index in [0.717, 1.165) is 12.2 Å². The van der Waals surface area contributed by atoms with Crippen LogP contribution < -0.4 is 9.47 Å². The molecule has 0 bridgehead atoms. The summed E-state index contributed by atoms with van der Waals surface area (Å²) >= 11 is 0. The number of hydrogen-bond acceptors (Lipinski definition) is 6. The number of carboxylic acid groups (broad SMARTS) is 1. The number of benzene rings is 1. The van der Waals surface area contributed by atoms with Gasteiger partial charge < -0.3 is 19.3 Å². The van der Waals surface area contributed by atoms with Crippen LogP contribution in [0.2, 0.25) is 0 Å². The van der Waals surface area contributed by atoms with E-state index in [1.165, 1.54) is 19.3 Å². The first-order valence-corrected chi connectivity index (χ1v) is 8.21. The second-order valence-electron chi connectivity index (χ2n) is 6.49. The molecule has 0 radical (unpaired) electrons. The minimum atomic E-state index is -1.04. The Morgan fingerprint density at radius 2 is 1.75 bits per heavy atom. The molecule has 0 amide bonds. The van der Waals surface area contributed by atoms with Crippen molar-refractivity contribution in [1.82, 2.24) is 0 Å². The molecule has 7 nitrogen and oxygen atoms in total. The van der Waals surface area contributed by atoms with E-state index in [1.54, 1.807) is 19.1 Å². The first-order valence-electron chi connectivity index (χ1n) is 8.21. The Morgan fingerprint density at radius 1 is 1.14 bits per heavy atom. The van der Waals surface area contributed by atoms with Gasteiger partial charge in [0.2, 0.25) is 0 Å². The molecular formula is C21H26O7. The molecule has 0 atom stereocenters. The molecule has 0 unspecified atom stereocenters. The molecule has 7 heteroatoms. The van der Waals surface area contributed by atoms with Crippen LogP contribution in [0.5, 0.6) is 11.5 Å². The van der Waals surface area contributed by atoms with Crippen LogP contribution in [-0.4, -0.2) is 35.7 Å². The molecule has 1 rings (SSSR count). The summed E-state index contributed by atoms with van der Waals surface area (Å²) in [5.41, 5.74) is 0.497. The van der Waals surface area contributed by atoms with Gasteiger partial charge in [-0.15, -0.1) is 0 Å². The molecule has 0 aliphatic heterocycles. The third-order valence-corrected chi connectivity index (χ3v) is 2.73. The second-order valence-corrected chi connectivity index (χ2v) is 6.49. The number of carboxylic acids is 1. The maximum atomic E-state index is 11.4. The molecule has 0 aliphatic carbocycles. The van der Waals surface area contributed by atoms with Crippen molar-refractivity contribution in [3.05, 3.63) is 54.6 Å². The van der Waals surface area contributed by atoms with E-state index in [0.29, 0.717) is 11.3 Å². The Morgan fingerprint density at radius 3 is 2.14 bits per heavy atom. The van der Waals surface area contributed by atoms with Crippen LogP contribution in [0.25, 0.3) is 6.08 Å². The number of ether oxygens (including phenoxy) is 3. The van der Waals surface area contributed by atoms with Gasteiger partial charge in [0.15, 0.2) is 11.5 Å². The number of hydrogen-bond donors (Lipinski definition) is 1. The maximum absolute atomic E-state index is 11.4. The Hall–Kier alpha value is -3.35. The predicted octanol–water partition coefficient (Wildman–Crippen LogP) is 3.79. The second kappa shape index (κ2) is 11.4. The zero-order chi connectivity index (χ0) is 21.9. The molecule has 0 saturated heterocycles. The van der Waals surface area contributed by atoms with Crippen molar-refractivity contribution in [1.29, 1.82) is 0 Å².